The van der Waals surface area contributed by atoms with Gasteiger partial charge in [-0.3, -0.25) is 4.90 Å². The minimum atomic E-state index is 0.262. The fourth-order valence-electron chi connectivity index (χ4n) is 1.90. The zero-order chi connectivity index (χ0) is 12.1. The Bertz CT molecular complexity index is 339. The molecule has 0 saturated carbocycles. The zero-order valence-corrected chi connectivity index (χ0v) is 11.1. The third-order valence-corrected chi connectivity index (χ3v) is 3.32. The molecule has 0 aromatic heterocycles. The lowest BCUT2D eigenvalue weighted by Crippen LogP contribution is -2.31. The number of hydrogen-bond donors (Lipinski definition) is 1. The van der Waals surface area contributed by atoms with Gasteiger partial charge in [-0.1, -0.05) is 30.7 Å². The fourth-order valence-corrected chi connectivity index (χ4v) is 2.08. The second kappa shape index (κ2) is 6.24. The molecule has 1 rings (SSSR count). The van der Waals surface area contributed by atoms with E-state index in [9.17, 15) is 0 Å². The molecule has 0 amide bonds. The Balaban J connectivity index is 2.90. The van der Waals surface area contributed by atoms with Crippen molar-refractivity contribution in [3.8, 4) is 0 Å². The van der Waals surface area contributed by atoms with Gasteiger partial charge in [-0.2, -0.15) is 0 Å². The van der Waals surface area contributed by atoms with E-state index < -0.39 is 0 Å². The lowest BCUT2D eigenvalue weighted by atomic mass is 10.0. The molecule has 90 valence electrons. The number of aryl methyl sites for hydroxylation is 1. The van der Waals surface area contributed by atoms with Gasteiger partial charge in [0.2, 0.25) is 0 Å². The van der Waals surface area contributed by atoms with E-state index in [1.54, 1.807) is 0 Å². The predicted octanol–water partition coefficient (Wildman–Crippen LogP) is 2.99. The lowest BCUT2D eigenvalue weighted by molar-refractivity contribution is 0.251. The third-order valence-electron chi connectivity index (χ3n) is 2.91. The maximum atomic E-state index is 6.14. The predicted molar refractivity (Wildman–Crippen MR) is 70.9 cm³/mol. The van der Waals surface area contributed by atoms with E-state index in [1.807, 2.05) is 13.0 Å². The van der Waals surface area contributed by atoms with Gasteiger partial charge in [-0.15, -0.1) is 0 Å². The Morgan fingerprint density at radius 3 is 2.62 bits per heavy atom. The van der Waals surface area contributed by atoms with Crippen LogP contribution < -0.4 is 5.73 Å². The van der Waals surface area contributed by atoms with E-state index in [2.05, 4.69) is 31.0 Å². The fraction of sp³-hybridized carbons (Fsp3) is 0.538. The highest BCUT2D eigenvalue weighted by Crippen LogP contribution is 2.24. The van der Waals surface area contributed by atoms with Crippen molar-refractivity contribution in [1.29, 1.82) is 0 Å². The molecule has 0 heterocycles. The van der Waals surface area contributed by atoms with E-state index in [0.717, 1.165) is 23.6 Å². The van der Waals surface area contributed by atoms with E-state index in [1.165, 1.54) is 5.56 Å². The van der Waals surface area contributed by atoms with Crippen LogP contribution in [-0.4, -0.2) is 25.0 Å². The first-order valence-corrected chi connectivity index (χ1v) is 6.14. The Morgan fingerprint density at radius 1 is 1.44 bits per heavy atom. The van der Waals surface area contributed by atoms with Crippen LogP contribution in [-0.2, 0) is 0 Å². The van der Waals surface area contributed by atoms with Crippen LogP contribution in [0.3, 0.4) is 0 Å². The summed E-state index contributed by atoms with van der Waals surface area (Å²) in [4.78, 5) is 2.28. The number of benzene rings is 1. The number of rotatable bonds is 5. The summed E-state index contributed by atoms with van der Waals surface area (Å²) >= 11 is 6.14. The van der Waals surface area contributed by atoms with Crippen LogP contribution in [0.4, 0.5) is 0 Å². The van der Waals surface area contributed by atoms with E-state index in [0.29, 0.717) is 6.54 Å². The molecule has 0 saturated heterocycles. The summed E-state index contributed by atoms with van der Waals surface area (Å²) in [6.45, 7) is 5.86. The quantitative estimate of drug-likeness (QED) is 0.858. The van der Waals surface area contributed by atoms with Crippen LogP contribution >= 0.6 is 11.6 Å². The maximum absolute atomic E-state index is 6.14. The standard InChI is InChI=1S/C13H21ClN2/c1-4-7-16(3)13(9-15)11-6-5-10(2)12(14)8-11/h5-6,8,13H,4,7,9,15H2,1-3H3. The molecule has 0 aliphatic heterocycles. The average molecular weight is 241 g/mol. The number of hydrogen-bond acceptors (Lipinski definition) is 2. The van der Waals surface area contributed by atoms with Crippen molar-refractivity contribution in [1.82, 2.24) is 4.90 Å². The summed E-state index contributed by atoms with van der Waals surface area (Å²) < 4.78 is 0. The second-order valence-electron chi connectivity index (χ2n) is 4.24. The number of likely N-dealkylation sites (N-methyl/N-ethyl adjacent to an activating group) is 1. The first-order chi connectivity index (χ1) is 7.60. The minimum absolute atomic E-state index is 0.262. The maximum Gasteiger partial charge on any atom is 0.0467 e. The Kier molecular flexibility index (Phi) is 5.26. The van der Waals surface area contributed by atoms with Crippen molar-refractivity contribution in [2.75, 3.05) is 20.1 Å². The van der Waals surface area contributed by atoms with Gasteiger partial charge in [-0.05, 0) is 44.1 Å². The number of halogens is 1. The first kappa shape index (κ1) is 13.5. The first-order valence-electron chi connectivity index (χ1n) is 5.76. The van der Waals surface area contributed by atoms with Crippen molar-refractivity contribution in [2.24, 2.45) is 5.73 Å². The highest BCUT2D eigenvalue weighted by atomic mass is 35.5. The summed E-state index contributed by atoms with van der Waals surface area (Å²) in [5, 5.41) is 0.820. The molecule has 1 unspecified atom stereocenters. The molecule has 2 nitrogen and oxygen atoms in total. The van der Waals surface area contributed by atoms with Gasteiger partial charge in [0.05, 0.1) is 0 Å². The summed E-state index contributed by atoms with van der Waals surface area (Å²) in [5.41, 5.74) is 8.15. The molecular weight excluding hydrogens is 220 g/mol. The molecule has 0 spiro atoms. The van der Waals surface area contributed by atoms with Crippen molar-refractivity contribution in [3.05, 3.63) is 34.3 Å². The molecule has 0 aliphatic carbocycles. The average Bonchev–Trinajstić information content (AvgIpc) is 2.25. The molecule has 3 heteroatoms. The van der Waals surface area contributed by atoms with E-state index >= 15 is 0 Å². The van der Waals surface area contributed by atoms with Crippen molar-refractivity contribution >= 4 is 11.6 Å². The third kappa shape index (κ3) is 3.21. The van der Waals surface area contributed by atoms with Gasteiger partial charge in [-0.25, -0.2) is 0 Å². The van der Waals surface area contributed by atoms with Crippen molar-refractivity contribution in [3.63, 3.8) is 0 Å². The Hall–Kier alpha value is -0.570. The summed E-state index contributed by atoms with van der Waals surface area (Å²) in [6, 6.07) is 6.46. The van der Waals surface area contributed by atoms with Crippen LogP contribution in [0.2, 0.25) is 5.02 Å². The monoisotopic (exact) mass is 240 g/mol. The molecule has 1 aromatic carbocycles. The number of nitrogens with two attached hydrogens (primary N) is 1. The number of nitrogens with zero attached hydrogens (tertiary/aromatic N) is 1. The molecule has 1 aromatic rings. The summed E-state index contributed by atoms with van der Waals surface area (Å²) in [7, 11) is 2.11. The molecule has 2 N–H and O–H groups in total. The van der Waals surface area contributed by atoms with Crippen LogP contribution in [0.5, 0.6) is 0 Å². The summed E-state index contributed by atoms with van der Waals surface area (Å²) in [5.74, 6) is 0. The van der Waals surface area contributed by atoms with Crippen LogP contribution in [0, 0.1) is 6.92 Å². The SMILES string of the molecule is CCCN(C)C(CN)c1ccc(C)c(Cl)c1. The lowest BCUT2D eigenvalue weighted by Gasteiger charge is -2.27. The highest BCUT2D eigenvalue weighted by Gasteiger charge is 2.15. The van der Waals surface area contributed by atoms with E-state index in [-0.39, 0.29) is 6.04 Å². The van der Waals surface area contributed by atoms with Crippen molar-refractivity contribution in [2.45, 2.75) is 26.3 Å². The smallest absolute Gasteiger partial charge is 0.0467 e. The van der Waals surface area contributed by atoms with Crippen LogP contribution in [0.25, 0.3) is 0 Å². The molecular formula is C13H21ClN2. The van der Waals surface area contributed by atoms with Crippen molar-refractivity contribution < 1.29 is 0 Å². The van der Waals surface area contributed by atoms with Crippen LogP contribution in [0.1, 0.15) is 30.5 Å². The van der Waals surface area contributed by atoms with Gasteiger partial charge in [0, 0.05) is 17.6 Å². The molecule has 0 radical (unpaired) electrons. The van der Waals surface area contributed by atoms with E-state index in [4.69, 9.17) is 17.3 Å². The topological polar surface area (TPSA) is 29.3 Å². The molecule has 0 fully saturated rings. The Labute approximate surface area is 103 Å². The zero-order valence-electron chi connectivity index (χ0n) is 10.3. The molecule has 16 heavy (non-hydrogen) atoms. The molecule has 0 aliphatic rings. The molecule has 1 atom stereocenters. The normalized spacial score (nSPS) is 13.1. The highest BCUT2D eigenvalue weighted by molar-refractivity contribution is 6.31. The summed E-state index contributed by atoms with van der Waals surface area (Å²) in [6.07, 6.45) is 1.13. The van der Waals surface area contributed by atoms with Gasteiger partial charge in [0.25, 0.3) is 0 Å². The Morgan fingerprint density at radius 2 is 2.12 bits per heavy atom. The largest absolute Gasteiger partial charge is 0.329 e. The minimum Gasteiger partial charge on any atom is -0.329 e. The van der Waals surface area contributed by atoms with Gasteiger partial charge in [0.15, 0.2) is 0 Å². The van der Waals surface area contributed by atoms with Gasteiger partial charge in [0.1, 0.15) is 0 Å². The second-order valence-corrected chi connectivity index (χ2v) is 4.65. The van der Waals surface area contributed by atoms with Crippen LogP contribution in [0.15, 0.2) is 18.2 Å². The van der Waals surface area contributed by atoms with Gasteiger partial charge >= 0.3 is 0 Å². The molecule has 0 bridgehead atoms. The van der Waals surface area contributed by atoms with Gasteiger partial charge < -0.3 is 5.73 Å².